The Balaban J connectivity index is 1.51. The molecule has 0 aliphatic heterocycles. The Labute approximate surface area is 185 Å². The van der Waals surface area contributed by atoms with Crippen molar-refractivity contribution in [1.29, 1.82) is 0 Å². The molecule has 0 spiro atoms. The molecule has 0 amide bonds. The number of fused-ring (bicyclic) bond motifs is 2. The molecule has 1 saturated carbocycles. The number of nitrogens with two attached hydrogens (primary N) is 1. The molecule has 5 aromatic rings. The molecule has 7 heteroatoms. The van der Waals surface area contributed by atoms with Gasteiger partial charge in [-0.05, 0) is 37.1 Å². The van der Waals surface area contributed by atoms with E-state index in [4.69, 9.17) is 15.8 Å². The predicted octanol–water partition coefficient (Wildman–Crippen LogP) is 5.19. The average molecular weight is 422 g/mol. The Kier molecular flexibility index (Phi) is 4.52. The summed E-state index contributed by atoms with van der Waals surface area (Å²) in [5.41, 5.74) is 11.5. The molecule has 1 aliphatic rings. The molecule has 6 rings (SSSR count). The fraction of sp³-hybridized carbons (Fsp3) is 0.240. The molecule has 0 radical (unpaired) electrons. The Morgan fingerprint density at radius 1 is 0.875 bits per heavy atom. The third-order valence-corrected chi connectivity index (χ3v) is 6.33. The average Bonchev–Trinajstić information content (AvgIpc) is 3.25. The summed E-state index contributed by atoms with van der Waals surface area (Å²) in [4.78, 5) is 18.1. The van der Waals surface area contributed by atoms with Gasteiger partial charge in [-0.1, -0.05) is 43.5 Å². The second-order valence-electron chi connectivity index (χ2n) is 8.36. The molecule has 0 bridgehead atoms. The van der Waals surface area contributed by atoms with Gasteiger partial charge in [-0.25, -0.2) is 19.6 Å². The number of hydrogen-bond donors (Lipinski definition) is 1. The Bertz CT molecular complexity index is 1420. The molecule has 0 unspecified atom stereocenters. The number of rotatable bonds is 3. The van der Waals surface area contributed by atoms with Gasteiger partial charge in [-0.3, -0.25) is 4.98 Å². The molecular weight excluding hydrogens is 398 g/mol. The largest absolute Gasteiger partial charge is 0.383 e. The van der Waals surface area contributed by atoms with Crippen molar-refractivity contribution in [3.8, 4) is 22.6 Å². The summed E-state index contributed by atoms with van der Waals surface area (Å²) in [5, 5.41) is 6.91. The van der Waals surface area contributed by atoms with Crippen LogP contribution in [0, 0.1) is 0 Å². The van der Waals surface area contributed by atoms with E-state index in [0.29, 0.717) is 11.9 Å². The van der Waals surface area contributed by atoms with Gasteiger partial charge in [0.05, 0.1) is 28.3 Å². The highest BCUT2D eigenvalue weighted by Crippen LogP contribution is 2.36. The molecule has 32 heavy (non-hydrogen) atoms. The van der Waals surface area contributed by atoms with Crippen molar-refractivity contribution in [2.45, 2.75) is 38.1 Å². The minimum absolute atomic E-state index is 0.351. The Morgan fingerprint density at radius 2 is 1.75 bits per heavy atom. The number of hydrogen-bond acceptors (Lipinski definition) is 6. The fourth-order valence-corrected chi connectivity index (χ4v) is 4.70. The van der Waals surface area contributed by atoms with Gasteiger partial charge in [0, 0.05) is 17.1 Å². The molecule has 0 atom stereocenters. The van der Waals surface area contributed by atoms with Crippen molar-refractivity contribution in [3.05, 3.63) is 61.1 Å². The van der Waals surface area contributed by atoms with Gasteiger partial charge in [0.2, 0.25) is 0 Å². The molecular formula is C25H23N7. The van der Waals surface area contributed by atoms with Crippen molar-refractivity contribution in [1.82, 2.24) is 29.7 Å². The lowest BCUT2D eigenvalue weighted by atomic mass is 9.96. The van der Waals surface area contributed by atoms with E-state index in [2.05, 4.69) is 43.9 Å². The topological polar surface area (TPSA) is 95.4 Å². The highest BCUT2D eigenvalue weighted by atomic mass is 15.3. The minimum Gasteiger partial charge on any atom is -0.383 e. The normalized spacial score (nSPS) is 14.9. The molecule has 4 aromatic heterocycles. The van der Waals surface area contributed by atoms with E-state index in [9.17, 15) is 0 Å². The van der Waals surface area contributed by atoms with Crippen LogP contribution in [0.2, 0.25) is 0 Å². The quantitative estimate of drug-likeness (QED) is 0.431. The molecule has 1 aromatic carbocycles. The first-order valence-electron chi connectivity index (χ1n) is 11.1. The first-order valence-corrected chi connectivity index (χ1v) is 11.1. The van der Waals surface area contributed by atoms with E-state index in [1.165, 1.54) is 25.6 Å². The van der Waals surface area contributed by atoms with E-state index in [-0.39, 0.29) is 0 Å². The molecule has 1 aliphatic carbocycles. The summed E-state index contributed by atoms with van der Waals surface area (Å²) in [5.74, 6) is 0.461. The second kappa shape index (κ2) is 7.67. The first kappa shape index (κ1) is 18.9. The first-order chi connectivity index (χ1) is 15.8. The number of pyridine rings is 2. The van der Waals surface area contributed by atoms with Crippen LogP contribution < -0.4 is 5.73 Å². The van der Waals surface area contributed by atoms with Crippen LogP contribution in [0.5, 0.6) is 0 Å². The van der Waals surface area contributed by atoms with E-state index in [0.717, 1.165) is 57.4 Å². The highest BCUT2D eigenvalue weighted by Gasteiger charge is 2.23. The minimum atomic E-state index is 0.351. The van der Waals surface area contributed by atoms with E-state index < -0.39 is 0 Å². The Hall–Kier alpha value is -3.87. The van der Waals surface area contributed by atoms with Gasteiger partial charge in [0.15, 0.2) is 5.65 Å². The molecule has 2 N–H and O–H groups in total. The third kappa shape index (κ3) is 3.17. The van der Waals surface area contributed by atoms with Gasteiger partial charge in [0.1, 0.15) is 17.8 Å². The van der Waals surface area contributed by atoms with Crippen LogP contribution >= 0.6 is 0 Å². The number of benzene rings is 1. The molecule has 7 nitrogen and oxygen atoms in total. The standard InChI is InChI=1S/C25H23N7/c26-24-22-23(31-32(25(22)29-15-28-24)18-6-2-1-3-7-18)17-10-9-16-11-12-20(30-21(16)14-17)19-8-4-5-13-27-19/h4-5,8-15,18H,1-3,6-7H2,(H2,26,28,29). The van der Waals surface area contributed by atoms with Gasteiger partial charge in [-0.2, -0.15) is 5.10 Å². The number of aromatic nitrogens is 6. The van der Waals surface area contributed by atoms with Crippen LogP contribution in [0.3, 0.4) is 0 Å². The van der Waals surface area contributed by atoms with Crippen LogP contribution in [0.4, 0.5) is 5.82 Å². The lowest BCUT2D eigenvalue weighted by molar-refractivity contribution is 0.336. The van der Waals surface area contributed by atoms with Gasteiger partial charge >= 0.3 is 0 Å². The van der Waals surface area contributed by atoms with Crippen LogP contribution in [-0.4, -0.2) is 29.7 Å². The number of nitrogen functional groups attached to an aromatic ring is 1. The lowest BCUT2D eigenvalue weighted by Gasteiger charge is -2.22. The van der Waals surface area contributed by atoms with Crippen molar-refractivity contribution in [2.24, 2.45) is 0 Å². The molecule has 0 saturated heterocycles. The maximum atomic E-state index is 6.32. The summed E-state index contributed by atoms with van der Waals surface area (Å²) in [6.07, 6.45) is 9.28. The summed E-state index contributed by atoms with van der Waals surface area (Å²) in [6.45, 7) is 0. The van der Waals surface area contributed by atoms with E-state index in [1.54, 1.807) is 6.20 Å². The van der Waals surface area contributed by atoms with Crippen LogP contribution in [-0.2, 0) is 0 Å². The summed E-state index contributed by atoms with van der Waals surface area (Å²) < 4.78 is 2.07. The fourth-order valence-electron chi connectivity index (χ4n) is 4.70. The predicted molar refractivity (Wildman–Crippen MR) is 126 cm³/mol. The SMILES string of the molecule is Nc1ncnc2c1c(-c1ccc3ccc(-c4ccccn4)nc3c1)nn2C1CCCCC1. The Morgan fingerprint density at radius 3 is 2.59 bits per heavy atom. The number of nitrogens with zero attached hydrogens (tertiary/aromatic N) is 6. The van der Waals surface area contributed by atoms with Crippen molar-refractivity contribution in [2.75, 3.05) is 5.73 Å². The summed E-state index contributed by atoms with van der Waals surface area (Å²) >= 11 is 0. The van der Waals surface area contributed by atoms with Crippen LogP contribution in [0.25, 0.3) is 44.6 Å². The number of anilines is 1. The lowest BCUT2D eigenvalue weighted by Crippen LogP contribution is -2.14. The van der Waals surface area contributed by atoms with Crippen molar-refractivity contribution in [3.63, 3.8) is 0 Å². The smallest absolute Gasteiger partial charge is 0.164 e. The summed E-state index contributed by atoms with van der Waals surface area (Å²) in [7, 11) is 0. The van der Waals surface area contributed by atoms with Crippen LogP contribution in [0.15, 0.2) is 61.1 Å². The molecule has 4 heterocycles. The third-order valence-electron chi connectivity index (χ3n) is 6.33. The maximum absolute atomic E-state index is 6.32. The second-order valence-corrected chi connectivity index (χ2v) is 8.36. The van der Waals surface area contributed by atoms with Gasteiger partial charge < -0.3 is 5.73 Å². The highest BCUT2D eigenvalue weighted by molar-refractivity contribution is 6.00. The maximum Gasteiger partial charge on any atom is 0.164 e. The van der Waals surface area contributed by atoms with Crippen LogP contribution in [0.1, 0.15) is 38.1 Å². The van der Waals surface area contributed by atoms with E-state index in [1.807, 2.05) is 24.3 Å². The van der Waals surface area contributed by atoms with Crippen molar-refractivity contribution < 1.29 is 0 Å². The zero-order valence-electron chi connectivity index (χ0n) is 17.6. The monoisotopic (exact) mass is 421 g/mol. The molecule has 1 fully saturated rings. The van der Waals surface area contributed by atoms with Crippen molar-refractivity contribution >= 4 is 27.8 Å². The van der Waals surface area contributed by atoms with E-state index >= 15 is 0 Å². The summed E-state index contributed by atoms with van der Waals surface area (Å²) in [6, 6.07) is 16.5. The van der Waals surface area contributed by atoms with Gasteiger partial charge in [0.25, 0.3) is 0 Å². The zero-order chi connectivity index (χ0) is 21.5. The zero-order valence-corrected chi connectivity index (χ0v) is 17.6. The molecule has 158 valence electrons. The van der Waals surface area contributed by atoms with Gasteiger partial charge in [-0.15, -0.1) is 0 Å².